The molecule has 0 saturated carbocycles. The van der Waals surface area contributed by atoms with E-state index in [-0.39, 0.29) is 29.1 Å². The Labute approximate surface area is 152 Å². The zero-order chi connectivity index (χ0) is 19.0. The van der Waals surface area contributed by atoms with E-state index in [4.69, 9.17) is 9.47 Å². The quantitative estimate of drug-likeness (QED) is 0.601. The van der Waals surface area contributed by atoms with E-state index in [2.05, 4.69) is 15.6 Å². The minimum atomic E-state index is -0.679. The first-order valence-electron chi connectivity index (χ1n) is 8.12. The van der Waals surface area contributed by atoms with E-state index in [1.165, 1.54) is 29.2 Å². The summed E-state index contributed by atoms with van der Waals surface area (Å²) in [5.74, 6) is -0.525. The highest BCUT2D eigenvalue weighted by atomic mass is 16.7. The third kappa shape index (κ3) is 3.37. The molecule has 0 unspecified atom stereocenters. The lowest BCUT2D eigenvalue weighted by Gasteiger charge is -2.28. The Balaban J connectivity index is 1.51. The smallest absolute Gasteiger partial charge is 0.307 e. The van der Waals surface area contributed by atoms with Gasteiger partial charge in [0.05, 0.1) is 23.3 Å². The van der Waals surface area contributed by atoms with E-state index in [0.717, 1.165) is 0 Å². The highest BCUT2D eigenvalue weighted by Gasteiger charge is 2.43. The van der Waals surface area contributed by atoms with Gasteiger partial charge in [-0.15, -0.1) is 0 Å². The van der Waals surface area contributed by atoms with Crippen molar-refractivity contribution in [2.45, 2.75) is 24.9 Å². The number of benzene rings is 1. The second-order valence-electron chi connectivity index (χ2n) is 6.14. The first-order chi connectivity index (χ1) is 13.0. The molecule has 11 nitrogen and oxygen atoms in total. The Morgan fingerprint density at radius 2 is 2.33 bits per heavy atom. The van der Waals surface area contributed by atoms with Crippen LogP contribution in [-0.4, -0.2) is 50.4 Å². The van der Waals surface area contributed by atoms with Crippen LogP contribution in [0.4, 0.5) is 5.69 Å². The van der Waals surface area contributed by atoms with Gasteiger partial charge in [-0.1, -0.05) is 6.07 Å². The van der Waals surface area contributed by atoms with Gasteiger partial charge in [0.25, 0.3) is 5.91 Å². The van der Waals surface area contributed by atoms with Crippen molar-refractivity contribution in [3.8, 4) is 5.75 Å². The van der Waals surface area contributed by atoms with Gasteiger partial charge in [0.1, 0.15) is 24.2 Å². The van der Waals surface area contributed by atoms with Crippen molar-refractivity contribution in [2.75, 3.05) is 6.61 Å². The normalized spacial score (nSPS) is 25.5. The van der Waals surface area contributed by atoms with Gasteiger partial charge in [-0.05, 0) is 18.2 Å². The van der Waals surface area contributed by atoms with E-state index in [1.54, 1.807) is 12.1 Å². The molecule has 0 spiro atoms. The van der Waals surface area contributed by atoms with Crippen LogP contribution in [0.1, 0.15) is 22.8 Å². The molecule has 2 fully saturated rings. The number of nitro groups is 1. The average molecular weight is 373 g/mol. The number of phenolic OH excluding ortho intramolecular Hbond substituents is 1. The number of carbonyl (C=O) groups is 1. The lowest BCUT2D eigenvalue weighted by Crippen LogP contribution is -2.38. The molecule has 3 atom stereocenters. The molecule has 3 heterocycles. The van der Waals surface area contributed by atoms with Gasteiger partial charge < -0.3 is 14.6 Å². The molecular weight excluding hydrogens is 358 g/mol. The number of hydrogen-bond acceptors (Lipinski definition) is 8. The van der Waals surface area contributed by atoms with Crippen molar-refractivity contribution in [3.63, 3.8) is 0 Å². The van der Waals surface area contributed by atoms with Crippen LogP contribution in [0.15, 0.2) is 41.8 Å². The Morgan fingerprint density at radius 1 is 1.48 bits per heavy atom. The van der Waals surface area contributed by atoms with Gasteiger partial charge in [-0.3, -0.25) is 19.6 Å². The van der Waals surface area contributed by atoms with Crippen LogP contribution in [0.25, 0.3) is 0 Å². The van der Waals surface area contributed by atoms with Gasteiger partial charge in [0.15, 0.2) is 6.29 Å². The lowest BCUT2D eigenvalue weighted by molar-refractivity contribution is -0.385. The van der Waals surface area contributed by atoms with Crippen molar-refractivity contribution < 1.29 is 24.3 Å². The molecule has 2 aliphatic rings. The Hall–Kier alpha value is -3.31. The van der Waals surface area contributed by atoms with Gasteiger partial charge in [0, 0.05) is 12.0 Å². The molecule has 2 bridgehead atoms. The Kier molecular flexibility index (Phi) is 4.30. The van der Waals surface area contributed by atoms with Crippen LogP contribution in [0, 0.1) is 10.1 Å². The first kappa shape index (κ1) is 17.1. The van der Waals surface area contributed by atoms with Crippen LogP contribution in [0.3, 0.4) is 0 Å². The van der Waals surface area contributed by atoms with Gasteiger partial charge in [0.2, 0.25) is 0 Å². The van der Waals surface area contributed by atoms with E-state index < -0.39 is 17.1 Å². The number of fused-ring (bicyclic) bond motifs is 2. The Morgan fingerprint density at radius 3 is 3.07 bits per heavy atom. The van der Waals surface area contributed by atoms with Crippen LogP contribution in [-0.2, 0) is 9.47 Å². The lowest BCUT2D eigenvalue weighted by atomic mass is 10.0. The number of rotatable bonds is 4. The molecule has 0 aliphatic carbocycles. The molecule has 2 aromatic rings. The van der Waals surface area contributed by atoms with E-state index in [1.807, 2.05) is 0 Å². The SMILES string of the molecule is O=C(N/N=C1\C[C@H](n2cc([N+](=O)[O-])cn2)[C@H]2CO[C@@H]1O2)c1cccc(O)c1. The molecular formula is C16H15N5O6. The number of aromatic nitrogens is 2. The predicted molar refractivity (Wildman–Crippen MR) is 90.2 cm³/mol. The monoisotopic (exact) mass is 373 g/mol. The maximum atomic E-state index is 12.2. The van der Waals surface area contributed by atoms with Crippen molar-refractivity contribution >= 4 is 17.3 Å². The van der Waals surface area contributed by atoms with Crippen molar-refractivity contribution in [1.82, 2.24) is 15.2 Å². The van der Waals surface area contributed by atoms with E-state index >= 15 is 0 Å². The number of aromatic hydroxyl groups is 1. The molecule has 2 saturated heterocycles. The topological polar surface area (TPSA) is 141 Å². The number of ether oxygens (including phenoxy) is 2. The number of amides is 1. The summed E-state index contributed by atoms with van der Waals surface area (Å²) in [4.78, 5) is 22.5. The molecule has 1 aromatic heterocycles. The minimum absolute atomic E-state index is 0.0291. The van der Waals surface area contributed by atoms with Crippen LogP contribution in [0.2, 0.25) is 0 Å². The standard InChI is InChI=1S/C16H15N5O6/c22-11-3-1-2-9(4-11)15(23)19-18-12-5-13(14-8-26-16(12)27-14)20-7-10(6-17-20)21(24)25/h1-4,6-7,13-14,16,22H,5,8H2,(H,19,23)/b18-12+/t13-,14+,16+/m0/s1. The fourth-order valence-corrected chi connectivity index (χ4v) is 3.04. The molecule has 2 N–H and O–H groups in total. The van der Waals surface area contributed by atoms with E-state index in [0.29, 0.717) is 18.7 Å². The zero-order valence-electron chi connectivity index (χ0n) is 13.9. The number of hydrogen-bond donors (Lipinski definition) is 2. The van der Waals surface area contributed by atoms with Crippen molar-refractivity contribution in [3.05, 3.63) is 52.3 Å². The van der Waals surface area contributed by atoms with Crippen LogP contribution in [0.5, 0.6) is 5.75 Å². The fraction of sp³-hybridized carbons (Fsp3) is 0.312. The molecule has 11 heteroatoms. The summed E-state index contributed by atoms with van der Waals surface area (Å²) in [6, 6.07) is 5.53. The molecule has 27 heavy (non-hydrogen) atoms. The molecule has 0 radical (unpaired) electrons. The Bertz CT molecular complexity index is 926. The van der Waals surface area contributed by atoms with Crippen molar-refractivity contribution in [2.24, 2.45) is 5.10 Å². The second-order valence-corrected chi connectivity index (χ2v) is 6.14. The molecule has 140 valence electrons. The van der Waals surface area contributed by atoms with Crippen LogP contribution >= 0.6 is 0 Å². The third-order valence-electron chi connectivity index (χ3n) is 4.38. The van der Waals surface area contributed by atoms with Crippen molar-refractivity contribution in [1.29, 1.82) is 0 Å². The maximum Gasteiger partial charge on any atom is 0.307 e. The van der Waals surface area contributed by atoms with Gasteiger partial charge >= 0.3 is 5.69 Å². The zero-order valence-corrected chi connectivity index (χ0v) is 13.9. The number of carbonyl (C=O) groups excluding carboxylic acids is 1. The predicted octanol–water partition coefficient (Wildman–Crippen LogP) is 0.969. The summed E-state index contributed by atoms with van der Waals surface area (Å²) in [6.45, 7) is 0.294. The number of hydrazone groups is 1. The molecule has 2 aliphatic heterocycles. The molecule has 4 rings (SSSR count). The number of phenols is 1. The molecule has 1 aromatic carbocycles. The van der Waals surface area contributed by atoms with E-state index in [9.17, 15) is 20.0 Å². The summed E-state index contributed by atoms with van der Waals surface area (Å²) >= 11 is 0. The number of nitrogens with zero attached hydrogens (tertiary/aromatic N) is 4. The van der Waals surface area contributed by atoms with Gasteiger partial charge in [-0.2, -0.15) is 10.2 Å². The summed E-state index contributed by atoms with van der Waals surface area (Å²) in [7, 11) is 0. The summed E-state index contributed by atoms with van der Waals surface area (Å²) in [6.07, 6.45) is 1.86. The van der Waals surface area contributed by atoms with Gasteiger partial charge in [-0.25, -0.2) is 5.43 Å². The largest absolute Gasteiger partial charge is 0.508 e. The third-order valence-corrected chi connectivity index (χ3v) is 4.38. The highest BCUT2D eigenvalue weighted by molar-refractivity contribution is 5.96. The fourth-order valence-electron chi connectivity index (χ4n) is 3.04. The van der Waals surface area contributed by atoms with Crippen LogP contribution < -0.4 is 5.43 Å². The summed E-state index contributed by atoms with van der Waals surface area (Å²) in [5, 5.41) is 28.4. The maximum absolute atomic E-state index is 12.2. The average Bonchev–Trinajstić information content (AvgIpc) is 3.30. The number of nitrogens with one attached hydrogen (secondary N) is 1. The summed E-state index contributed by atoms with van der Waals surface area (Å²) < 4.78 is 12.7. The minimum Gasteiger partial charge on any atom is -0.508 e. The summed E-state index contributed by atoms with van der Waals surface area (Å²) in [5.41, 5.74) is 2.99. The first-order valence-corrected chi connectivity index (χ1v) is 8.12. The highest BCUT2D eigenvalue weighted by Crippen LogP contribution is 2.33. The molecule has 1 amide bonds. The second kappa shape index (κ2) is 6.78.